The molecule has 1 saturated carbocycles. The maximum Gasteiger partial charge on any atom is 0.231 e. The second-order valence-electron chi connectivity index (χ2n) is 7.57. The fourth-order valence-corrected chi connectivity index (χ4v) is 5.27. The Kier molecular flexibility index (Phi) is 6.90. The summed E-state index contributed by atoms with van der Waals surface area (Å²) in [5.74, 6) is -2.88. The lowest BCUT2D eigenvalue weighted by Gasteiger charge is -2.09. The van der Waals surface area contributed by atoms with Crippen LogP contribution in [0.1, 0.15) is 27.4 Å². The first-order chi connectivity index (χ1) is 15.6. The molecule has 1 aromatic heterocycles. The molecule has 4 rings (SSSR count). The van der Waals surface area contributed by atoms with Gasteiger partial charge in [0.05, 0.1) is 10.9 Å². The third kappa shape index (κ3) is 5.13. The van der Waals surface area contributed by atoms with Crippen LogP contribution < -0.4 is 5.32 Å². The Morgan fingerprint density at radius 1 is 1.03 bits per heavy atom. The molecule has 0 saturated heterocycles. The monoisotopic (exact) mass is 544 g/mol. The van der Waals surface area contributed by atoms with E-state index in [1.807, 2.05) is 0 Å². The Morgan fingerprint density at radius 3 is 2.39 bits per heavy atom. The number of nitrogens with one attached hydrogen (secondary N) is 1. The molecule has 2 aromatic carbocycles. The molecule has 0 aliphatic heterocycles. The summed E-state index contributed by atoms with van der Waals surface area (Å²) in [6.45, 7) is 0. The van der Waals surface area contributed by atoms with E-state index >= 15 is 0 Å². The maximum atomic E-state index is 13.8. The maximum absolute atomic E-state index is 13.8. The summed E-state index contributed by atoms with van der Waals surface area (Å²) in [6, 6.07) is 12.3. The number of Topliss-reactive ketones (excluding diaryl/α,β-unsaturated/α-hetero) is 1. The van der Waals surface area contributed by atoms with E-state index in [0.29, 0.717) is 21.3 Å². The van der Waals surface area contributed by atoms with Gasteiger partial charge in [-0.25, -0.2) is 4.98 Å². The minimum absolute atomic E-state index is 0.134. The molecule has 0 spiro atoms. The molecule has 0 radical (unpaired) electrons. The fourth-order valence-electron chi connectivity index (χ4n) is 3.68. The average Bonchev–Trinajstić information content (AvgIpc) is 3.32. The van der Waals surface area contributed by atoms with Crippen LogP contribution in [0.2, 0.25) is 15.1 Å². The summed E-state index contributed by atoms with van der Waals surface area (Å²) in [5.41, 5.74) is 1.24. The quantitative estimate of drug-likeness (QED) is 0.203. The summed E-state index contributed by atoms with van der Waals surface area (Å²) in [6.07, 6.45) is 1.06. The Morgan fingerprint density at radius 2 is 1.73 bits per heavy atom. The van der Waals surface area contributed by atoms with Crippen LogP contribution in [0.4, 0.5) is 10.1 Å². The highest BCUT2D eigenvalue weighted by molar-refractivity contribution is 6.53. The number of aromatic nitrogens is 1. The van der Waals surface area contributed by atoms with Crippen molar-refractivity contribution in [1.82, 2.24) is 4.98 Å². The summed E-state index contributed by atoms with van der Waals surface area (Å²) in [5, 5.41) is 3.69. The fraction of sp³-hybridized carbons (Fsp3) is 0.174. The van der Waals surface area contributed by atoms with Crippen LogP contribution in [-0.4, -0.2) is 21.0 Å². The molecular weight excluding hydrogens is 533 g/mol. The van der Waals surface area contributed by atoms with Gasteiger partial charge in [-0.3, -0.25) is 9.59 Å². The molecule has 33 heavy (non-hydrogen) atoms. The van der Waals surface area contributed by atoms with Crippen molar-refractivity contribution in [2.45, 2.75) is 16.7 Å². The van der Waals surface area contributed by atoms with E-state index in [1.165, 1.54) is 30.5 Å². The Labute approximate surface area is 214 Å². The number of carbonyl (C=O) groups is 2. The molecule has 0 bridgehead atoms. The largest absolute Gasteiger partial charge is 0.326 e. The van der Waals surface area contributed by atoms with Gasteiger partial charge in [-0.05, 0) is 48.0 Å². The number of ketones is 1. The molecule has 1 N–H and O–H groups in total. The molecule has 1 amide bonds. The highest BCUT2D eigenvalue weighted by Crippen LogP contribution is 2.65. The van der Waals surface area contributed by atoms with Crippen molar-refractivity contribution in [2.24, 2.45) is 5.92 Å². The molecule has 2 unspecified atom stereocenters. The lowest BCUT2D eigenvalue weighted by molar-refractivity contribution is -0.117. The predicted molar refractivity (Wildman–Crippen MR) is 129 cm³/mol. The molecule has 2 atom stereocenters. The van der Waals surface area contributed by atoms with Crippen LogP contribution in [0.15, 0.2) is 54.7 Å². The first-order valence-electron chi connectivity index (χ1n) is 9.64. The van der Waals surface area contributed by atoms with Crippen molar-refractivity contribution in [3.63, 3.8) is 0 Å². The molecule has 1 fully saturated rings. The van der Waals surface area contributed by atoms with Crippen molar-refractivity contribution in [3.05, 3.63) is 92.4 Å². The van der Waals surface area contributed by atoms with Gasteiger partial charge in [0.1, 0.15) is 4.33 Å². The first-order valence-corrected chi connectivity index (χ1v) is 11.5. The normalized spacial score (nSPS) is 18.6. The van der Waals surface area contributed by atoms with Gasteiger partial charge in [-0.1, -0.05) is 40.9 Å². The second-order valence-corrected chi connectivity index (χ2v) is 10.3. The number of halogens is 6. The van der Waals surface area contributed by atoms with Crippen molar-refractivity contribution >= 4 is 75.4 Å². The zero-order valence-electron chi connectivity index (χ0n) is 16.6. The zero-order valence-corrected chi connectivity index (χ0v) is 20.4. The number of anilines is 1. The van der Waals surface area contributed by atoms with E-state index in [2.05, 4.69) is 10.3 Å². The highest BCUT2D eigenvalue weighted by Gasteiger charge is 2.67. The van der Waals surface area contributed by atoms with Gasteiger partial charge in [-0.15, -0.1) is 23.2 Å². The van der Waals surface area contributed by atoms with Gasteiger partial charge in [0.15, 0.2) is 5.78 Å². The zero-order chi connectivity index (χ0) is 23.9. The molecule has 1 heterocycles. The van der Waals surface area contributed by atoms with Gasteiger partial charge in [0.2, 0.25) is 11.9 Å². The van der Waals surface area contributed by atoms with Crippen LogP contribution in [0.3, 0.4) is 0 Å². The van der Waals surface area contributed by atoms with Gasteiger partial charge in [0.25, 0.3) is 0 Å². The Balaban J connectivity index is 1.52. The molecule has 1 aliphatic rings. The number of rotatable bonds is 6. The number of nitrogens with zero attached hydrogens (tertiary/aromatic N) is 1. The van der Waals surface area contributed by atoms with Crippen LogP contribution in [-0.2, 0) is 11.2 Å². The van der Waals surface area contributed by atoms with E-state index in [0.717, 1.165) is 0 Å². The number of hydrogen-bond acceptors (Lipinski definition) is 3. The smallest absolute Gasteiger partial charge is 0.231 e. The Hall–Kier alpha value is -1.89. The van der Waals surface area contributed by atoms with Crippen molar-refractivity contribution in [2.75, 3.05) is 5.32 Å². The topological polar surface area (TPSA) is 59.1 Å². The molecule has 3 aromatic rings. The molecular formula is C23H14Cl5FN2O2. The molecule has 4 nitrogen and oxygen atoms in total. The van der Waals surface area contributed by atoms with E-state index in [-0.39, 0.29) is 22.6 Å². The van der Waals surface area contributed by atoms with E-state index in [9.17, 15) is 14.0 Å². The standard InChI is InChI=1S/C23H14Cl5FN2O2/c24-13-6-12(7-14(25)9-13)19-20(23(19,27)28)22(33)31-15-3-4-17(26)16(10-15)18(32)8-11-2-1-5-30-21(11)29/h1-7,9-10,19-20H,8H2,(H,31,33). The van der Waals surface area contributed by atoms with E-state index in [4.69, 9.17) is 58.0 Å². The minimum Gasteiger partial charge on any atom is -0.326 e. The minimum atomic E-state index is -1.35. The first kappa shape index (κ1) is 24.2. The number of hydrogen-bond donors (Lipinski definition) is 1. The summed E-state index contributed by atoms with van der Waals surface area (Å²) in [7, 11) is 0. The second kappa shape index (κ2) is 9.40. The summed E-state index contributed by atoms with van der Waals surface area (Å²) in [4.78, 5) is 29.2. The number of alkyl halides is 2. The average molecular weight is 547 g/mol. The molecule has 10 heteroatoms. The molecule has 170 valence electrons. The van der Waals surface area contributed by atoms with Gasteiger partial charge in [0, 0.05) is 45.4 Å². The summed E-state index contributed by atoms with van der Waals surface area (Å²) >= 11 is 31.1. The van der Waals surface area contributed by atoms with Crippen molar-refractivity contribution in [1.29, 1.82) is 0 Å². The summed E-state index contributed by atoms with van der Waals surface area (Å²) < 4.78 is 12.5. The van der Waals surface area contributed by atoms with Gasteiger partial charge in [-0.2, -0.15) is 4.39 Å². The number of benzene rings is 2. The van der Waals surface area contributed by atoms with Crippen molar-refractivity contribution < 1.29 is 14.0 Å². The van der Waals surface area contributed by atoms with Gasteiger partial charge >= 0.3 is 0 Å². The lowest BCUT2D eigenvalue weighted by atomic mass is 10.0. The van der Waals surface area contributed by atoms with Crippen LogP contribution in [0, 0.1) is 11.9 Å². The van der Waals surface area contributed by atoms with Crippen LogP contribution in [0.25, 0.3) is 0 Å². The lowest BCUT2D eigenvalue weighted by Crippen LogP contribution is -2.17. The van der Waals surface area contributed by atoms with Gasteiger partial charge < -0.3 is 5.32 Å². The number of pyridine rings is 1. The van der Waals surface area contributed by atoms with Crippen LogP contribution in [0.5, 0.6) is 0 Å². The third-order valence-electron chi connectivity index (χ3n) is 5.30. The van der Waals surface area contributed by atoms with Crippen molar-refractivity contribution in [3.8, 4) is 0 Å². The highest BCUT2D eigenvalue weighted by atomic mass is 35.5. The van der Waals surface area contributed by atoms with E-state index in [1.54, 1.807) is 24.3 Å². The number of carbonyl (C=O) groups excluding carboxylic acids is 2. The van der Waals surface area contributed by atoms with Crippen LogP contribution >= 0.6 is 58.0 Å². The SMILES string of the molecule is O=C(Cc1cccnc1F)c1cc(NC(=O)C2C(c3cc(Cl)cc(Cl)c3)C2(Cl)Cl)ccc1Cl. The predicted octanol–water partition coefficient (Wildman–Crippen LogP) is 7.13. The number of amides is 1. The Bertz CT molecular complexity index is 1250. The molecule has 1 aliphatic carbocycles. The van der Waals surface area contributed by atoms with E-state index < -0.39 is 33.8 Å². The third-order valence-corrected chi connectivity index (χ3v) is 7.01.